The van der Waals surface area contributed by atoms with Crippen LogP contribution < -0.4 is 4.65 Å². The van der Waals surface area contributed by atoms with Crippen molar-refractivity contribution in [3.63, 3.8) is 0 Å². The number of nitrogens with zero attached hydrogens (tertiary/aromatic N) is 5. The Morgan fingerprint density at radius 3 is 1.95 bits per heavy atom. The molecule has 3 fully saturated rings. The van der Waals surface area contributed by atoms with Gasteiger partial charge in [-0.2, -0.15) is 26.3 Å². The Hall–Kier alpha value is -2.71. The second kappa shape index (κ2) is 12.0. The first-order valence-corrected chi connectivity index (χ1v) is 14.6. The number of carbonyl (C=O) groups excluding carboxylic acids is 1. The average molecular weight is 614 g/mol. The highest BCUT2D eigenvalue weighted by molar-refractivity contribution is 5.94. The van der Waals surface area contributed by atoms with E-state index in [1.807, 2.05) is 18.2 Å². The summed E-state index contributed by atoms with van der Waals surface area (Å²) in [5.74, 6) is -0.905. The number of para-hydroxylation sites is 1. The Balaban J connectivity index is 1.31. The molecule has 0 N–H and O–H groups in total. The van der Waals surface area contributed by atoms with Crippen molar-refractivity contribution < 1.29 is 31.1 Å². The number of alkyl halides is 6. The lowest BCUT2D eigenvalue weighted by Crippen LogP contribution is -2.63. The molecule has 1 unspecified atom stereocenters. The van der Waals surface area contributed by atoms with Gasteiger partial charge in [-0.1, -0.05) is 18.2 Å². The topological polar surface area (TPSA) is 53.1 Å². The number of amides is 1. The quantitative estimate of drug-likeness (QED) is 0.258. The van der Waals surface area contributed by atoms with Crippen LogP contribution in [0.5, 0.6) is 0 Å². The highest BCUT2D eigenvalue weighted by atomic mass is 19.4. The van der Waals surface area contributed by atoms with Gasteiger partial charge >= 0.3 is 12.4 Å². The summed E-state index contributed by atoms with van der Waals surface area (Å²) in [7, 11) is 2.11. The molecule has 236 valence electrons. The lowest BCUT2D eigenvalue weighted by Gasteiger charge is -2.54. The fourth-order valence-corrected chi connectivity index (χ4v) is 6.68. The third kappa shape index (κ3) is 6.70. The van der Waals surface area contributed by atoms with E-state index in [2.05, 4.69) is 21.7 Å². The molecule has 1 atom stereocenters. The number of hydrogen-bond donors (Lipinski definition) is 0. The van der Waals surface area contributed by atoms with E-state index in [-0.39, 0.29) is 38.7 Å². The lowest BCUT2D eigenvalue weighted by molar-refractivity contribution is -0.143. The number of likely N-dealkylation sites (tertiary alicyclic amines) is 1. The Morgan fingerprint density at radius 1 is 0.837 bits per heavy atom. The molecule has 7 nitrogen and oxygen atoms in total. The van der Waals surface area contributed by atoms with Crippen LogP contribution in [-0.2, 0) is 12.4 Å². The van der Waals surface area contributed by atoms with E-state index in [4.69, 9.17) is 0 Å². The van der Waals surface area contributed by atoms with Gasteiger partial charge in [-0.15, -0.1) is 0 Å². The van der Waals surface area contributed by atoms with Gasteiger partial charge in [0.05, 0.1) is 17.7 Å². The van der Waals surface area contributed by atoms with E-state index in [9.17, 15) is 36.3 Å². The highest BCUT2D eigenvalue weighted by Gasteiger charge is 2.55. The molecule has 1 amide bonds. The minimum absolute atomic E-state index is 0.0158. The zero-order valence-corrected chi connectivity index (χ0v) is 24.1. The number of likely N-dealkylation sites (N-methyl/N-ethyl adjacent to an activating group) is 1. The van der Waals surface area contributed by atoms with Crippen LogP contribution in [0.25, 0.3) is 0 Å². The van der Waals surface area contributed by atoms with Crippen LogP contribution in [0.4, 0.5) is 32.0 Å². The number of benzene rings is 2. The van der Waals surface area contributed by atoms with Crippen molar-refractivity contribution in [2.45, 2.75) is 37.2 Å². The first-order valence-electron chi connectivity index (χ1n) is 14.6. The molecule has 0 saturated carbocycles. The monoisotopic (exact) mass is 613 g/mol. The predicted octanol–water partition coefficient (Wildman–Crippen LogP) is 5.11. The van der Waals surface area contributed by atoms with Gasteiger partial charge in [0.15, 0.2) is 0 Å². The summed E-state index contributed by atoms with van der Waals surface area (Å²) in [5, 5.41) is 14.7. The Kier molecular flexibility index (Phi) is 8.85. The van der Waals surface area contributed by atoms with Gasteiger partial charge in [0.2, 0.25) is 0 Å². The summed E-state index contributed by atoms with van der Waals surface area (Å²) in [4.78, 5) is 21.4. The van der Waals surface area contributed by atoms with Crippen LogP contribution >= 0.6 is 0 Å². The maximum Gasteiger partial charge on any atom is 0.416 e. The van der Waals surface area contributed by atoms with Crippen LogP contribution in [0, 0.1) is 5.21 Å². The van der Waals surface area contributed by atoms with E-state index in [1.54, 1.807) is 12.1 Å². The van der Waals surface area contributed by atoms with E-state index < -0.39 is 45.1 Å². The molecule has 3 aliphatic heterocycles. The van der Waals surface area contributed by atoms with Crippen LogP contribution in [-0.4, -0.2) is 104 Å². The molecular formula is C30H37F6N5O2. The van der Waals surface area contributed by atoms with Crippen molar-refractivity contribution >= 4 is 11.6 Å². The molecule has 43 heavy (non-hydrogen) atoms. The maximum atomic E-state index is 14.7. The summed E-state index contributed by atoms with van der Waals surface area (Å²) < 4.78 is 79.8. The number of hydroxylamine groups is 2. The van der Waals surface area contributed by atoms with Crippen LogP contribution in [0.3, 0.4) is 0 Å². The molecule has 0 radical (unpaired) electrons. The second-order valence-corrected chi connectivity index (χ2v) is 12.1. The Bertz CT molecular complexity index is 1240. The third-order valence-electron chi connectivity index (χ3n) is 9.22. The lowest BCUT2D eigenvalue weighted by atomic mass is 9.85. The van der Waals surface area contributed by atoms with Gasteiger partial charge in [-0.25, -0.2) is 4.90 Å². The van der Waals surface area contributed by atoms with Crippen LogP contribution in [0.15, 0.2) is 48.5 Å². The SMILES string of the molecule is CN1CCN(CCCN2CC3(CCN(C(=O)c4cc(C(F)(F)F)cc(C(F)(F)F)c4)CC3)[N+]([O-])(c3ccccc3)C2)CC1. The van der Waals surface area contributed by atoms with E-state index in [0.717, 1.165) is 45.7 Å². The summed E-state index contributed by atoms with van der Waals surface area (Å²) in [6, 6.07) is 9.99. The van der Waals surface area contributed by atoms with Gasteiger partial charge in [-0.3, -0.25) is 4.79 Å². The molecule has 13 heteroatoms. The molecule has 1 spiro atoms. The standard InChI is InChI=1S/C30H37F6N5O2/c1-37-14-16-38(17-15-37)10-5-11-39-21-28(41(43,22-39)26-6-3-2-4-7-26)8-12-40(13-9-28)27(42)23-18-24(29(31,32)33)20-25(19-23)30(34,35)36/h2-4,6-7,18-20H,5,8-17,21-22H2,1H3. The summed E-state index contributed by atoms with van der Waals surface area (Å²) in [6.45, 7) is 6.57. The van der Waals surface area contributed by atoms with Gasteiger partial charge in [0, 0.05) is 64.2 Å². The van der Waals surface area contributed by atoms with Crippen molar-refractivity contribution in [3.8, 4) is 0 Å². The third-order valence-corrected chi connectivity index (χ3v) is 9.22. The molecule has 3 heterocycles. The van der Waals surface area contributed by atoms with Crippen molar-refractivity contribution in [2.75, 3.05) is 72.6 Å². The van der Waals surface area contributed by atoms with E-state index >= 15 is 0 Å². The van der Waals surface area contributed by atoms with Crippen LogP contribution in [0.1, 0.15) is 40.7 Å². The predicted molar refractivity (Wildman–Crippen MR) is 151 cm³/mol. The summed E-state index contributed by atoms with van der Waals surface area (Å²) in [6.07, 6.45) is -8.64. The molecule has 5 rings (SSSR count). The van der Waals surface area contributed by atoms with Gasteiger partial charge < -0.3 is 24.6 Å². The first-order chi connectivity index (χ1) is 20.2. The fraction of sp³-hybridized carbons (Fsp3) is 0.567. The van der Waals surface area contributed by atoms with E-state index in [1.165, 1.54) is 4.90 Å². The minimum atomic E-state index is -5.05. The maximum absolute atomic E-state index is 14.7. The highest BCUT2D eigenvalue weighted by Crippen LogP contribution is 2.45. The molecule has 0 aromatic heterocycles. The molecule has 2 aromatic rings. The van der Waals surface area contributed by atoms with Gasteiger partial charge in [0.25, 0.3) is 5.91 Å². The van der Waals surface area contributed by atoms with Crippen molar-refractivity contribution in [3.05, 3.63) is 70.4 Å². The fourth-order valence-electron chi connectivity index (χ4n) is 6.68. The summed E-state index contributed by atoms with van der Waals surface area (Å²) >= 11 is 0. The van der Waals surface area contributed by atoms with E-state index in [0.29, 0.717) is 24.4 Å². The minimum Gasteiger partial charge on any atom is -0.626 e. The van der Waals surface area contributed by atoms with Crippen molar-refractivity contribution in [1.29, 1.82) is 0 Å². The number of halogens is 6. The number of piperazine rings is 1. The van der Waals surface area contributed by atoms with Crippen LogP contribution in [0.2, 0.25) is 0 Å². The smallest absolute Gasteiger partial charge is 0.416 e. The molecule has 3 saturated heterocycles. The number of quaternary nitrogens is 1. The summed E-state index contributed by atoms with van der Waals surface area (Å²) in [5.41, 5.74) is -3.92. The van der Waals surface area contributed by atoms with Gasteiger partial charge in [0.1, 0.15) is 17.9 Å². The molecule has 0 aliphatic carbocycles. The Labute approximate surface area is 247 Å². The zero-order valence-electron chi connectivity index (χ0n) is 24.1. The number of carbonyl (C=O) groups is 1. The Morgan fingerprint density at radius 2 is 1.40 bits per heavy atom. The molecule has 0 bridgehead atoms. The second-order valence-electron chi connectivity index (χ2n) is 12.1. The number of rotatable bonds is 6. The number of hydrogen-bond acceptors (Lipinski definition) is 5. The first kappa shape index (κ1) is 31.7. The van der Waals surface area contributed by atoms with Crippen molar-refractivity contribution in [1.82, 2.24) is 24.2 Å². The van der Waals surface area contributed by atoms with Crippen molar-refractivity contribution in [2.24, 2.45) is 0 Å². The molecular weight excluding hydrogens is 576 g/mol. The zero-order chi connectivity index (χ0) is 31.0. The molecule has 3 aliphatic rings. The number of piperidine rings is 1. The largest absolute Gasteiger partial charge is 0.626 e. The average Bonchev–Trinajstić information content (AvgIpc) is 3.24. The van der Waals surface area contributed by atoms with Gasteiger partial charge in [-0.05, 0) is 50.3 Å². The molecule has 2 aromatic carbocycles. The normalized spacial score (nSPS) is 24.1.